The van der Waals surface area contributed by atoms with Crippen LogP contribution in [0.2, 0.25) is 0 Å². The molecule has 0 aliphatic rings. The molecule has 0 unspecified atom stereocenters. The van der Waals surface area contributed by atoms with E-state index in [2.05, 4.69) is 57.7 Å². The Labute approximate surface area is 114 Å². The molecule has 0 aliphatic carbocycles. The fourth-order valence-corrected chi connectivity index (χ4v) is 2.70. The van der Waals surface area contributed by atoms with E-state index in [0.717, 1.165) is 0 Å². The van der Waals surface area contributed by atoms with Crippen molar-refractivity contribution < 1.29 is 0 Å². The summed E-state index contributed by atoms with van der Waals surface area (Å²) < 4.78 is 0. The lowest BCUT2D eigenvalue weighted by molar-refractivity contribution is 0.418. The predicted octanol–water partition coefficient (Wildman–Crippen LogP) is 6.13. The average Bonchev–Trinajstić information content (AvgIpc) is 2.41. The largest absolute Gasteiger partial charge is 0.0992 e. The first-order chi connectivity index (χ1) is 8.67. The molecule has 0 spiro atoms. The van der Waals surface area contributed by atoms with E-state index < -0.39 is 0 Å². The number of rotatable bonds is 6. The van der Waals surface area contributed by atoms with Gasteiger partial charge in [-0.2, -0.15) is 0 Å². The first kappa shape index (κ1) is 17.0. The molecule has 0 amide bonds. The van der Waals surface area contributed by atoms with Crippen molar-refractivity contribution in [1.82, 2.24) is 0 Å². The second kappa shape index (κ2) is 8.97. The Morgan fingerprint density at radius 1 is 1.00 bits per heavy atom. The highest BCUT2D eigenvalue weighted by atomic mass is 14.3. The van der Waals surface area contributed by atoms with E-state index in [1.807, 2.05) is 13.8 Å². The molecule has 1 rings (SSSR count). The maximum Gasteiger partial charge on any atom is 0.0156 e. The Kier molecular flexibility index (Phi) is 8.45. The third kappa shape index (κ3) is 4.01. The molecule has 0 aliphatic heterocycles. The first-order valence-corrected chi connectivity index (χ1v) is 7.39. The zero-order valence-corrected chi connectivity index (χ0v) is 12.9. The molecule has 0 bridgehead atoms. The lowest BCUT2D eigenvalue weighted by Crippen LogP contribution is -2.27. The molecule has 0 saturated heterocycles. The molecule has 0 fully saturated rings. The van der Waals surface area contributed by atoms with Crippen LogP contribution in [0.15, 0.2) is 42.5 Å². The minimum absolute atomic E-state index is 0.199. The molecule has 0 heteroatoms. The molecular formula is C18H30. The molecule has 18 heavy (non-hydrogen) atoms. The van der Waals surface area contributed by atoms with E-state index >= 15 is 0 Å². The van der Waals surface area contributed by atoms with Gasteiger partial charge in [-0.25, -0.2) is 0 Å². The van der Waals surface area contributed by atoms with Gasteiger partial charge in [-0.3, -0.25) is 0 Å². The van der Waals surface area contributed by atoms with Crippen LogP contribution < -0.4 is 0 Å². The van der Waals surface area contributed by atoms with Gasteiger partial charge in [0.2, 0.25) is 0 Å². The normalized spacial score (nSPS) is 10.5. The van der Waals surface area contributed by atoms with Gasteiger partial charge in [0.15, 0.2) is 0 Å². The highest BCUT2D eigenvalue weighted by molar-refractivity contribution is 5.34. The third-order valence-corrected chi connectivity index (χ3v) is 3.50. The van der Waals surface area contributed by atoms with Crippen molar-refractivity contribution in [3.63, 3.8) is 0 Å². The summed E-state index contributed by atoms with van der Waals surface area (Å²) in [5.41, 5.74) is 2.94. The van der Waals surface area contributed by atoms with Crippen LogP contribution in [0.1, 0.15) is 65.9 Å². The van der Waals surface area contributed by atoms with Gasteiger partial charge in [-0.05, 0) is 25.3 Å². The summed E-state index contributed by atoms with van der Waals surface area (Å²) in [7, 11) is 0. The Hall–Kier alpha value is -1.04. The van der Waals surface area contributed by atoms with E-state index in [4.69, 9.17) is 0 Å². The topological polar surface area (TPSA) is 0 Å². The van der Waals surface area contributed by atoms with E-state index in [1.165, 1.54) is 36.8 Å². The summed E-state index contributed by atoms with van der Waals surface area (Å²) in [6.45, 7) is 14.9. The molecule has 0 N–H and O–H groups in total. The van der Waals surface area contributed by atoms with Gasteiger partial charge in [0.1, 0.15) is 0 Å². The van der Waals surface area contributed by atoms with E-state index in [1.54, 1.807) is 0 Å². The highest BCUT2D eigenvalue weighted by Gasteiger charge is 2.30. The van der Waals surface area contributed by atoms with E-state index in [9.17, 15) is 0 Å². The SMILES string of the molecule is C=C(C)C(CCC)(CCC)c1ccccc1.CC. The Morgan fingerprint density at radius 2 is 1.44 bits per heavy atom. The minimum atomic E-state index is 0.199. The molecule has 1 aromatic rings. The van der Waals surface area contributed by atoms with Gasteiger partial charge in [0, 0.05) is 5.41 Å². The van der Waals surface area contributed by atoms with Gasteiger partial charge in [0.05, 0.1) is 0 Å². The van der Waals surface area contributed by atoms with Gasteiger partial charge in [-0.1, -0.05) is 83.0 Å². The zero-order chi connectivity index (χ0) is 14.0. The van der Waals surface area contributed by atoms with Crippen molar-refractivity contribution in [2.24, 2.45) is 0 Å². The fourth-order valence-electron chi connectivity index (χ4n) is 2.70. The quantitative estimate of drug-likeness (QED) is 0.530. The van der Waals surface area contributed by atoms with Crippen LogP contribution in [0.4, 0.5) is 0 Å². The molecule has 0 radical (unpaired) electrons. The lowest BCUT2D eigenvalue weighted by atomic mass is 9.69. The van der Waals surface area contributed by atoms with Gasteiger partial charge < -0.3 is 0 Å². The second-order valence-electron chi connectivity index (χ2n) is 4.73. The highest BCUT2D eigenvalue weighted by Crippen LogP contribution is 2.40. The summed E-state index contributed by atoms with van der Waals surface area (Å²) in [5, 5.41) is 0. The van der Waals surface area contributed by atoms with Crippen molar-refractivity contribution in [1.29, 1.82) is 0 Å². The van der Waals surface area contributed by atoms with Gasteiger partial charge in [-0.15, -0.1) is 0 Å². The Balaban J connectivity index is 0.00000137. The summed E-state index contributed by atoms with van der Waals surface area (Å²) in [6.07, 6.45) is 4.84. The molecule has 0 atom stereocenters. The minimum Gasteiger partial charge on any atom is -0.0992 e. The van der Waals surface area contributed by atoms with Crippen LogP contribution in [0.25, 0.3) is 0 Å². The Bertz CT molecular complexity index is 315. The smallest absolute Gasteiger partial charge is 0.0156 e. The van der Waals surface area contributed by atoms with Crippen LogP contribution in [0, 0.1) is 0 Å². The molecule has 102 valence electrons. The van der Waals surface area contributed by atoms with Crippen molar-refractivity contribution in [2.75, 3.05) is 0 Å². The number of hydrogen-bond acceptors (Lipinski definition) is 0. The van der Waals surface area contributed by atoms with Crippen LogP contribution in [-0.2, 0) is 5.41 Å². The third-order valence-electron chi connectivity index (χ3n) is 3.50. The van der Waals surface area contributed by atoms with Crippen molar-refractivity contribution in [2.45, 2.75) is 65.7 Å². The monoisotopic (exact) mass is 246 g/mol. The number of hydrogen-bond donors (Lipinski definition) is 0. The van der Waals surface area contributed by atoms with Crippen LogP contribution in [0.3, 0.4) is 0 Å². The lowest BCUT2D eigenvalue weighted by Gasteiger charge is -2.35. The van der Waals surface area contributed by atoms with Gasteiger partial charge in [0.25, 0.3) is 0 Å². The van der Waals surface area contributed by atoms with Crippen LogP contribution >= 0.6 is 0 Å². The van der Waals surface area contributed by atoms with Crippen molar-refractivity contribution in [3.8, 4) is 0 Å². The Morgan fingerprint density at radius 3 is 1.78 bits per heavy atom. The maximum atomic E-state index is 4.24. The van der Waals surface area contributed by atoms with Crippen LogP contribution in [0.5, 0.6) is 0 Å². The van der Waals surface area contributed by atoms with Gasteiger partial charge >= 0.3 is 0 Å². The number of benzene rings is 1. The van der Waals surface area contributed by atoms with E-state index in [0.29, 0.717) is 0 Å². The maximum absolute atomic E-state index is 4.24. The van der Waals surface area contributed by atoms with Crippen LogP contribution in [-0.4, -0.2) is 0 Å². The average molecular weight is 246 g/mol. The summed E-state index contributed by atoms with van der Waals surface area (Å²) >= 11 is 0. The second-order valence-corrected chi connectivity index (χ2v) is 4.73. The first-order valence-electron chi connectivity index (χ1n) is 7.39. The predicted molar refractivity (Wildman–Crippen MR) is 84.1 cm³/mol. The molecule has 1 aromatic carbocycles. The molecule has 0 heterocycles. The summed E-state index contributed by atoms with van der Waals surface area (Å²) in [6, 6.07) is 10.9. The van der Waals surface area contributed by atoms with Crippen molar-refractivity contribution >= 4 is 0 Å². The number of allylic oxidation sites excluding steroid dienone is 1. The summed E-state index contributed by atoms with van der Waals surface area (Å²) in [4.78, 5) is 0. The molecule has 0 aromatic heterocycles. The van der Waals surface area contributed by atoms with E-state index in [-0.39, 0.29) is 5.41 Å². The molecular weight excluding hydrogens is 216 g/mol. The summed E-state index contributed by atoms with van der Waals surface area (Å²) in [5.74, 6) is 0. The standard InChI is InChI=1S/C16H24.C2H6/c1-5-12-16(13-6-2,14(3)4)15-10-8-7-9-11-15;1-2/h7-11H,3,5-6,12-13H2,1-2,4H3;1-2H3. The van der Waals surface area contributed by atoms with Crippen molar-refractivity contribution in [3.05, 3.63) is 48.0 Å². The zero-order valence-electron chi connectivity index (χ0n) is 12.9. The molecule has 0 nitrogen and oxygen atoms in total. The molecule has 0 saturated carbocycles. The fraction of sp³-hybridized carbons (Fsp3) is 0.556.